The van der Waals surface area contributed by atoms with Gasteiger partial charge in [-0.05, 0) is 0 Å². The fraction of sp³-hybridized carbons (Fsp3) is 0.467. The van der Waals surface area contributed by atoms with Gasteiger partial charge < -0.3 is 19.1 Å². The van der Waals surface area contributed by atoms with Gasteiger partial charge in [0.15, 0.2) is 0 Å². The number of ether oxygens (including phenoxy) is 3. The Kier molecular flexibility index (Phi) is 4.08. The van der Waals surface area contributed by atoms with Crippen molar-refractivity contribution in [2.75, 3.05) is 31.2 Å². The minimum absolute atomic E-state index is 0.0655. The zero-order valence-corrected chi connectivity index (χ0v) is 12.7. The fourth-order valence-electron chi connectivity index (χ4n) is 2.73. The molecule has 0 saturated carbocycles. The maximum Gasteiger partial charge on any atom is 0.293 e. The van der Waals surface area contributed by atoms with Gasteiger partial charge in [-0.1, -0.05) is 0 Å². The van der Waals surface area contributed by atoms with E-state index in [1.807, 2.05) is 0 Å². The molecular weight excluding hydrogens is 307 g/mol. The topological polar surface area (TPSA) is 74.1 Å². The lowest BCUT2D eigenvalue weighted by molar-refractivity contribution is -0.384. The Balaban J connectivity index is 1.93. The van der Waals surface area contributed by atoms with Crippen LogP contribution in [0.1, 0.15) is 12.5 Å². The lowest BCUT2D eigenvalue weighted by atomic mass is 10.0. The molecule has 7 nitrogen and oxygen atoms in total. The molecule has 1 fully saturated rings. The highest BCUT2D eigenvalue weighted by Gasteiger charge is 2.33. The number of nitrogens with zero attached hydrogens (tertiary/aromatic N) is 2. The number of nitro benzene ring substituents is 1. The summed E-state index contributed by atoms with van der Waals surface area (Å²) in [5.41, 5.74) is 0.328. The molecule has 2 heterocycles. The van der Waals surface area contributed by atoms with Crippen molar-refractivity contribution < 1.29 is 23.5 Å². The van der Waals surface area contributed by atoms with E-state index in [4.69, 9.17) is 14.2 Å². The van der Waals surface area contributed by atoms with Gasteiger partial charge in [0, 0.05) is 37.7 Å². The van der Waals surface area contributed by atoms with Crippen molar-refractivity contribution in [2.24, 2.45) is 0 Å². The summed E-state index contributed by atoms with van der Waals surface area (Å²) in [6.07, 6.45) is 2.80. The normalized spacial score (nSPS) is 19.3. The molecule has 3 rings (SSSR count). The lowest BCUT2D eigenvalue weighted by Crippen LogP contribution is -2.36. The van der Waals surface area contributed by atoms with Crippen molar-refractivity contribution in [3.8, 4) is 0 Å². The molecule has 0 spiro atoms. The third kappa shape index (κ3) is 3.21. The molecule has 0 amide bonds. The van der Waals surface area contributed by atoms with Gasteiger partial charge in [0.1, 0.15) is 24.0 Å². The highest BCUT2D eigenvalue weighted by Crippen LogP contribution is 2.34. The van der Waals surface area contributed by atoms with E-state index in [9.17, 15) is 14.5 Å². The van der Waals surface area contributed by atoms with Gasteiger partial charge in [0.2, 0.25) is 0 Å². The molecule has 0 N–H and O–H groups in total. The maximum absolute atomic E-state index is 14.5. The second-order valence-electron chi connectivity index (χ2n) is 5.61. The zero-order valence-electron chi connectivity index (χ0n) is 12.7. The molecule has 0 radical (unpaired) electrons. The highest BCUT2D eigenvalue weighted by molar-refractivity contribution is 5.65. The maximum atomic E-state index is 14.5. The first-order chi connectivity index (χ1) is 11.0. The van der Waals surface area contributed by atoms with E-state index in [0.717, 1.165) is 0 Å². The van der Waals surface area contributed by atoms with Gasteiger partial charge in [-0.15, -0.1) is 0 Å². The van der Waals surface area contributed by atoms with Crippen LogP contribution in [0.3, 0.4) is 0 Å². The van der Waals surface area contributed by atoms with Gasteiger partial charge in [-0.2, -0.15) is 0 Å². The molecule has 1 aromatic carbocycles. The summed E-state index contributed by atoms with van der Waals surface area (Å²) in [4.78, 5) is 12.7. The van der Waals surface area contributed by atoms with Gasteiger partial charge in [0.05, 0.1) is 24.6 Å². The number of anilines is 1. The third-order valence-electron chi connectivity index (χ3n) is 3.89. The summed E-state index contributed by atoms with van der Waals surface area (Å²) in [5.74, 6) is -1.56. The molecule has 2 aliphatic heterocycles. The summed E-state index contributed by atoms with van der Waals surface area (Å²) >= 11 is 0. The number of hydrogen-bond donors (Lipinski definition) is 0. The van der Waals surface area contributed by atoms with Crippen LogP contribution in [-0.4, -0.2) is 37.0 Å². The van der Waals surface area contributed by atoms with E-state index >= 15 is 0 Å². The lowest BCUT2D eigenvalue weighted by Gasteiger charge is -2.29. The minimum atomic E-state index is -1.05. The molecule has 2 aliphatic rings. The summed E-state index contributed by atoms with van der Waals surface area (Å²) in [7, 11) is 0. The molecule has 23 heavy (non-hydrogen) atoms. The molecular formula is C15H17FN2O5. The van der Waals surface area contributed by atoms with Crippen molar-refractivity contribution in [1.82, 2.24) is 0 Å². The first-order valence-corrected chi connectivity index (χ1v) is 7.29. The van der Waals surface area contributed by atoms with Crippen LogP contribution < -0.4 is 4.90 Å². The minimum Gasteiger partial charge on any atom is -0.457 e. The number of nitro groups is 1. The van der Waals surface area contributed by atoms with Crippen molar-refractivity contribution in [2.45, 2.75) is 19.1 Å². The van der Waals surface area contributed by atoms with E-state index in [0.29, 0.717) is 26.3 Å². The monoisotopic (exact) mass is 324 g/mol. The molecule has 1 saturated heterocycles. The van der Waals surface area contributed by atoms with E-state index in [2.05, 4.69) is 0 Å². The molecule has 1 aromatic rings. The average molecular weight is 324 g/mol. The van der Waals surface area contributed by atoms with Gasteiger partial charge >= 0.3 is 0 Å². The van der Waals surface area contributed by atoms with Crippen LogP contribution in [0.4, 0.5) is 15.8 Å². The predicted molar refractivity (Wildman–Crippen MR) is 79.5 cm³/mol. The molecule has 8 heteroatoms. The Morgan fingerprint density at radius 2 is 1.96 bits per heavy atom. The number of benzene rings is 1. The summed E-state index contributed by atoms with van der Waals surface area (Å²) in [6, 6.07) is 2.47. The fourth-order valence-corrected chi connectivity index (χ4v) is 2.73. The van der Waals surface area contributed by atoms with Crippen molar-refractivity contribution in [3.05, 3.63) is 46.2 Å². The predicted octanol–water partition coefficient (Wildman–Crippen LogP) is 2.35. The van der Waals surface area contributed by atoms with Crippen LogP contribution in [0, 0.1) is 15.9 Å². The van der Waals surface area contributed by atoms with Gasteiger partial charge in [-0.3, -0.25) is 10.1 Å². The zero-order chi connectivity index (χ0) is 16.4. The SMILES string of the molecule is CC1(Cc2cc([N+](=O)[O-])c(N3CCOCC3)cc2F)OC=CO1. The van der Waals surface area contributed by atoms with E-state index in [1.165, 1.54) is 24.7 Å². The Morgan fingerprint density at radius 1 is 1.30 bits per heavy atom. The third-order valence-corrected chi connectivity index (χ3v) is 3.89. The Labute approximate surface area is 132 Å². The Morgan fingerprint density at radius 3 is 2.57 bits per heavy atom. The average Bonchev–Trinajstić information content (AvgIpc) is 2.96. The quantitative estimate of drug-likeness (QED) is 0.625. The molecule has 0 unspecified atom stereocenters. The van der Waals surface area contributed by atoms with Gasteiger partial charge in [0.25, 0.3) is 11.5 Å². The smallest absolute Gasteiger partial charge is 0.293 e. The first-order valence-electron chi connectivity index (χ1n) is 7.29. The standard InChI is InChI=1S/C15H17FN2O5/c1-15(22-6-7-23-15)10-11-8-14(18(19)20)13(9-12(11)16)17-2-4-21-5-3-17/h6-9H,2-5,10H2,1H3. The molecule has 0 aliphatic carbocycles. The second kappa shape index (κ2) is 6.04. The summed E-state index contributed by atoms with van der Waals surface area (Å²) in [6.45, 7) is 3.56. The van der Waals surface area contributed by atoms with Crippen LogP contribution in [0.15, 0.2) is 24.7 Å². The number of hydrogen-bond acceptors (Lipinski definition) is 6. The molecule has 0 bridgehead atoms. The summed E-state index contributed by atoms with van der Waals surface area (Å²) < 4.78 is 30.3. The van der Waals surface area contributed by atoms with Crippen molar-refractivity contribution in [1.29, 1.82) is 0 Å². The number of morpholine rings is 1. The van der Waals surface area contributed by atoms with Crippen LogP contribution in [-0.2, 0) is 20.6 Å². The van der Waals surface area contributed by atoms with E-state index < -0.39 is 16.5 Å². The van der Waals surface area contributed by atoms with E-state index in [1.54, 1.807) is 11.8 Å². The van der Waals surface area contributed by atoms with Crippen LogP contribution in [0.25, 0.3) is 0 Å². The van der Waals surface area contributed by atoms with Crippen LogP contribution in [0.2, 0.25) is 0 Å². The second-order valence-corrected chi connectivity index (χ2v) is 5.61. The Bertz CT molecular complexity index is 635. The molecule has 0 aromatic heterocycles. The first kappa shape index (κ1) is 15.5. The highest BCUT2D eigenvalue weighted by atomic mass is 19.1. The summed E-state index contributed by atoms with van der Waals surface area (Å²) in [5, 5.41) is 11.4. The van der Waals surface area contributed by atoms with Crippen LogP contribution in [0.5, 0.6) is 0 Å². The molecule has 0 atom stereocenters. The number of halogens is 1. The largest absolute Gasteiger partial charge is 0.457 e. The van der Waals surface area contributed by atoms with Crippen molar-refractivity contribution >= 4 is 11.4 Å². The van der Waals surface area contributed by atoms with Crippen molar-refractivity contribution in [3.63, 3.8) is 0 Å². The van der Waals surface area contributed by atoms with Crippen LogP contribution >= 0.6 is 0 Å². The van der Waals surface area contributed by atoms with E-state index in [-0.39, 0.29) is 23.4 Å². The molecule has 124 valence electrons. The number of rotatable bonds is 4. The Hall–Kier alpha value is -2.35. The van der Waals surface area contributed by atoms with Gasteiger partial charge in [-0.25, -0.2) is 4.39 Å².